The lowest BCUT2D eigenvalue weighted by atomic mass is 10.0. The van der Waals surface area contributed by atoms with Crippen molar-refractivity contribution in [2.45, 2.75) is 39.3 Å². The van der Waals surface area contributed by atoms with Crippen LogP contribution in [0.1, 0.15) is 49.2 Å². The third-order valence-corrected chi connectivity index (χ3v) is 4.20. The van der Waals surface area contributed by atoms with Crippen molar-refractivity contribution in [3.05, 3.63) is 65.5 Å². The van der Waals surface area contributed by atoms with Crippen LogP contribution in [-0.2, 0) is 4.79 Å². The summed E-state index contributed by atoms with van der Waals surface area (Å²) in [5, 5.41) is 5.66. The Morgan fingerprint density at radius 1 is 1.00 bits per heavy atom. The normalized spacial score (nSPS) is 13.1. The molecule has 27 heavy (non-hydrogen) atoms. The highest BCUT2D eigenvalue weighted by Gasteiger charge is 2.17. The monoisotopic (exact) mass is 371 g/mol. The summed E-state index contributed by atoms with van der Waals surface area (Å²) >= 11 is 0. The molecule has 0 spiro atoms. The first-order chi connectivity index (χ1) is 12.8. The van der Waals surface area contributed by atoms with Gasteiger partial charge in [-0.15, -0.1) is 0 Å². The number of hydrogen-bond donors (Lipinski definition) is 3. The molecule has 4 N–H and O–H groups in total. The SMILES string of the molecule is CC(C)C[C@H](N)C(=O)NC(C)c1ccc(NC(=O)c2ccc(F)cc2)cc1. The molecule has 2 atom stereocenters. The summed E-state index contributed by atoms with van der Waals surface area (Å²) in [6, 6.07) is 11.8. The number of carbonyl (C=O) groups is 2. The van der Waals surface area contributed by atoms with Crippen molar-refractivity contribution < 1.29 is 14.0 Å². The van der Waals surface area contributed by atoms with Gasteiger partial charge in [-0.3, -0.25) is 9.59 Å². The molecule has 0 heterocycles. The Hall–Kier alpha value is -2.73. The van der Waals surface area contributed by atoms with E-state index in [0.29, 0.717) is 23.6 Å². The smallest absolute Gasteiger partial charge is 0.255 e. The van der Waals surface area contributed by atoms with Crippen LogP contribution in [0.15, 0.2) is 48.5 Å². The second kappa shape index (κ2) is 9.28. The van der Waals surface area contributed by atoms with Gasteiger partial charge in [0, 0.05) is 11.3 Å². The minimum atomic E-state index is -0.526. The van der Waals surface area contributed by atoms with Crippen LogP contribution in [0.25, 0.3) is 0 Å². The van der Waals surface area contributed by atoms with Crippen LogP contribution in [0, 0.1) is 11.7 Å². The lowest BCUT2D eigenvalue weighted by molar-refractivity contribution is -0.123. The van der Waals surface area contributed by atoms with E-state index in [4.69, 9.17) is 5.73 Å². The lowest BCUT2D eigenvalue weighted by Gasteiger charge is -2.19. The van der Waals surface area contributed by atoms with Crippen LogP contribution in [0.2, 0.25) is 0 Å². The first-order valence-corrected chi connectivity index (χ1v) is 8.99. The molecule has 0 saturated carbocycles. The summed E-state index contributed by atoms with van der Waals surface area (Å²) in [4.78, 5) is 24.3. The largest absolute Gasteiger partial charge is 0.348 e. The maximum Gasteiger partial charge on any atom is 0.255 e. The predicted molar refractivity (Wildman–Crippen MR) is 105 cm³/mol. The van der Waals surface area contributed by atoms with E-state index in [9.17, 15) is 14.0 Å². The Morgan fingerprint density at radius 3 is 2.15 bits per heavy atom. The maximum atomic E-state index is 12.9. The molecule has 0 aromatic heterocycles. The van der Waals surface area contributed by atoms with Crippen LogP contribution >= 0.6 is 0 Å². The first kappa shape index (κ1) is 20.6. The number of nitrogens with two attached hydrogens (primary N) is 1. The van der Waals surface area contributed by atoms with E-state index >= 15 is 0 Å². The van der Waals surface area contributed by atoms with Crippen molar-refractivity contribution in [1.82, 2.24) is 5.32 Å². The summed E-state index contributed by atoms with van der Waals surface area (Å²) in [5.74, 6) is -0.529. The fourth-order valence-electron chi connectivity index (χ4n) is 2.68. The van der Waals surface area contributed by atoms with Crippen molar-refractivity contribution in [2.75, 3.05) is 5.32 Å². The molecule has 2 amide bonds. The number of anilines is 1. The first-order valence-electron chi connectivity index (χ1n) is 8.99. The van der Waals surface area contributed by atoms with Crippen molar-refractivity contribution in [3.8, 4) is 0 Å². The number of benzene rings is 2. The molecule has 0 aliphatic carbocycles. The molecule has 0 saturated heterocycles. The van der Waals surface area contributed by atoms with Crippen LogP contribution in [0.5, 0.6) is 0 Å². The van der Waals surface area contributed by atoms with Crippen LogP contribution < -0.4 is 16.4 Å². The van der Waals surface area contributed by atoms with E-state index in [-0.39, 0.29) is 23.7 Å². The van der Waals surface area contributed by atoms with E-state index in [2.05, 4.69) is 10.6 Å². The Bertz CT molecular complexity index is 773. The van der Waals surface area contributed by atoms with Gasteiger partial charge in [-0.1, -0.05) is 26.0 Å². The van der Waals surface area contributed by atoms with Crippen molar-refractivity contribution in [1.29, 1.82) is 0 Å². The van der Waals surface area contributed by atoms with Crippen molar-refractivity contribution in [3.63, 3.8) is 0 Å². The van der Waals surface area contributed by atoms with Gasteiger partial charge < -0.3 is 16.4 Å². The van der Waals surface area contributed by atoms with Gasteiger partial charge in [0.15, 0.2) is 0 Å². The Balaban J connectivity index is 1.94. The van der Waals surface area contributed by atoms with Gasteiger partial charge >= 0.3 is 0 Å². The average molecular weight is 371 g/mol. The number of amides is 2. The second-order valence-electron chi connectivity index (χ2n) is 7.05. The van der Waals surface area contributed by atoms with Crippen molar-refractivity contribution >= 4 is 17.5 Å². The fraction of sp³-hybridized carbons (Fsp3) is 0.333. The number of nitrogens with one attached hydrogen (secondary N) is 2. The Kier molecular flexibility index (Phi) is 7.07. The fourth-order valence-corrected chi connectivity index (χ4v) is 2.68. The molecule has 0 bridgehead atoms. The Labute approximate surface area is 159 Å². The van der Waals surface area contributed by atoms with Gasteiger partial charge in [-0.25, -0.2) is 4.39 Å². The molecule has 2 aromatic carbocycles. The van der Waals surface area contributed by atoms with E-state index in [1.807, 2.05) is 32.9 Å². The van der Waals surface area contributed by atoms with Gasteiger partial charge in [0.1, 0.15) is 5.82 Å². The number of halogens is 1. The van der Waals surface area contributed by atoms with Gasteiger partial charge in [-0.2, -0.15) is 0 Å². The van der Waals surface area contributed by atoms with E-state index < -0.39 is 6.04 Å². The highest BCUT2D eigenvalue weighted by molar-refractivity contribution is 6.04. The molecule has 5 nitrogen and oxygen atoms in total. The lowest BCUT2D eigenvalue weighted by Crippen LogP contribution is -2.42. The summed E-state index contributed by atoms with van der Waals surface area (Å²) in [5.41, 5.74) is 7.80. The van der Waals surface area contributed by atoms with Gasteiger partial charge in [0.2, 0.25) is 5.91 Å². The van der Waals surface area contributed by atoms with E-state index in [1.165, 1.54) is 24.3 Å². The number of carbonyl (C=O) groups excluding carboxylic acids is 2. The molecule has 0 aliphatic rings. The van der Waals surface area contributed by atoms with Crippen LogP contribution in [0.3, 0.4) is 0 Å². The summed E-state index contributed by atoms with van der Waals surface area (Å²) in [6.07, 6.45) is 0.632. The Morgan fingerprint density at radius 2 is 1.59 bits per heavy atom. The number of hydrogen-bond acceptors (Lipinski definition) is 3. The van der Waals surface area contributed by atoms with E-state index in [0.717, 1.165) is 5.56 Å². The molecule has 0 aliphatic heterocycles. The summed E-state index contributed by atoms with van der Waals surface area (Å²) in [7, 11) is 0. The minimum Gasteiger partial charge on any atom is -0.348 e. The topological polar surface area (TPSA) is 84.2 Å². The van der Waals surface area contributed by atoms with Crippen LogP contribution in [0.4, 0.5) is 10.1 Å². The van der Waals surface area contributed by atoms with Crippen molar-refractivity contribution in [2.24, 2.45) is 11.7 Å². The zero-order valence-corrected chi connectivity index (χ0v) is 15.8. The highest BCUT2D eigenvalue weighted by Crippen LogP contribution is 2.17. The third kappa shape index (κ3) is 6.18. The molecule has 0 radical (unpaired) electrons. The minimum absolute atomic E-state index is 0.176. The molecular formula is C21H26FN3O2. The zero-order valence-electron chi connectivity index (χ0n) is 15.8. The van der Waals surface area contributed by atoms with Gasteiger partial charge in [0.25, 0.3) is 5.91 Å². The molecule has 2 rings (SSSR count). The van der Waals surface area contributed by atoms with Gasteiger partial charge in [0.05, 0.1) is 12.1 Å². The molecule has 1 unspecified atom stereocenters. The molecule has 2 aromatic rings. The standard InChI is InChI=1S/C21H26FN3O2/c1-13(2)12-19(23)21(27)24-14(3)15-6-10-18(11-7-15)25-20(26)16-4-8-17(22)9-5-16/h4-11,13-14,19H,12,23H2,1-3H3,(H,24,27)(H,25,26)/t14?,19-/m0/s1. The maximum absolute atomic E-state index is 12.9. The third-order valence-electron chi connectivity index (χ3n) is 4.20. The second-order valence-corrected chi connectivity index (χ2v) is 7.05. The zero-order chi connectivity index (χ0) is 20.0. The molecule has 0 fully saturated rings. The summed E-state index contributed by atoms with van der Waals surface area (Å²) < 4.78 is 12.9. The average Bonchev–Trinajstić information content (AvgIpc) is 2.62. The predicted octanol–water partition coefficient (Wildman–Crippen LogP) is 3.63. The van der Waals surface area contributed by atoms with Crippen LogP contribution in [-0.4, -0.2) is 17.9 Å². The van der Waals surface area contributed by atoms with E-state index in [1.54, 1.807) is 12.1 Å². The molecule has 6 heteroatoms. The number of rotatable bonds is 7. The molecular weight excluding hydrogens is 345 g/mol. The van der Waals surface area contributed by atoms with Gasteiger partial charge in [-0.05, 0) is 61.2 Å². The summed E-state index contributed by atoms with van der Waals surface area (Å²) in [6.45, 7) is 5.93. The highest BCUT2D eigenvalue weighted by atomic mass is 19.1. The quantitative estimate of drug-likeness (QED) is 0.695. The molecule has 144 valence electrons.